The molecule has 0 bridgehead atoms. The van der Waals surface area contributed by atoms with E-state index in [2.05, 4.69) is 5.32 Å². The number of nitrogens with zero attached hydrogens (tertiary/aromatic N) is 1. The number of carbonyl (C=O) groups is 2. The molecule has 4 rings (SSSR count). The minimum absolute atomic E-state index is 0.0407. The Kier molecular flexibility index (Phi) is 4.20. The average molecular weight is 373 g/mol. The number of nitrogens with one attached hydrogen (secondary N) is 1. The zero-order chi connectivity index (χ0) is 19.3. The third kappa shape index (κ3) is 2.89. The van der Waals surface area contributed by atoms with E-state index in [-0.39, 0.29) is 23.3 Å². The largest absolute Gasteiger partial charge is 0.469 e. The minimum Gasteiger partial charge on any atom is -0.469 e. The van der Waals surface area contributed by atoms with Crippen molar-refractivity contribution >= 4 is 29.1 Å². The summed E-state index contributed by atoms with van der Waals surface area (Å²) >= 11 is 0. The van der Waals surface area contributed by atoms with Crippen molar-refractivity contribution in [2.45, 2.75) is 57.5 Å². The molecule has 7 nitrogen and oxygen atoms in total. The Morgan fingerprint density at radius 1 is 1.30 bits per heavy atom. The van der Waals surface area contributed by atoms with Crippen LogP contribution in [0.1, 0.15) is 44.6 Å². The number of fused-ring (bicyclic) bond motifs is 1. The van der Waals surface area contributed by atoms with Crippen LogP contribution in [0.3, 0.4) is 0 Å². The van der Waals surface area contributed by atoms with E-state index in [4.69, 9.17) is 10.5 Å². The molecular formula is C20H27N3O4. The van der Waals surface area contributed by atoms with Crippen molar-refractivity contribution in [3.8, 4) is 0 Å². The Hall–Kier alpha value is -2.44. The first kappa shape index (κ1) is 17.9. The van der Waals surface area contributed by atoms with Crippen LogP contribution in [0.15, 0.2) is 12.1 Å². The molecule has 4 N–H and O–H groups in total. The van der Waals surface area contributed by atoms with Gasteiger partial charge in [-0.2, -0.15) is 0 Å². The van der Waals surface area contributed by atoms with Crippen molar-refractivity contribution in [3.63, 3.8) is 0 Å². The van der Waals surface area contributed by atoms with E-state index in [1.165, 1.54) is 12.0 Å². The molecule has 0 saturated heterocycles. The molecular weight excluding hydrogens is 346 g/mol. The Balaban J connectivity index is 1.42. The number of anilines is 3. The normalized spacial score (nSPS) is 31.5. The topological polar surface area (TPSA) is 105 Å². The van der Waals surface area contributed by atoms with Crippen LogP contribution in [0.5, 0.6) is 0 Å². The summed E-state index contributed by atoms with van der Waals surface area (Å²) in [7, 11) is 1.45. The molecule has 2 saturated carbocycles. The highest BCUT2D eigenvalue weighted by molar-refractivity contribution is 5.92. The van der Waals surface area contributed by atoms with Crippen LogP contribution in [0.2, 0.25) is 0 Å². The Morgan fingerprint density at radius 3 is 2.63 bits per heavy atom. The lowest BCUT2D eigenvalue weighted by Gasteiger charge is -2.57. The molecule has 0 radical (unpaired) electrons. The third-order valence-corrected chi connectivity index (χ3v) is 6.66. The summed E-state index contributed by atoms with van der Waals surface area (Å²) in [4.78, 5) is 24.6. The fourth-order valence-electron chi connectivity index (χ4n) is 5.24. The van der Waals surface area contributed by atoms with Gasteiger partial charge in [0.15, 0.2) is 0 Å². The van der Waals surface area contributed by atoms with Crippen LogP contribution in [-0.2, 0) is 16.0 Å². The lowest BCUT2D eigenvalue weighted by atomic mass is 9.50. The van der Waals surface area contributed by atoms with E-state index in [0.717, 1.165) is 49.8 Å². The van der Waals surface area contributed by atoms with E-state index in [1.54, 1.807) is 0 Å². The smallest absolute Gasteiger partial charge is 0.412 e. The molecule has 1 aromatic rings. The summed E-state index contributed by atoms with van der Waals surface area (Å²) in [5.74, 6) is -0.0260. The van der Waals surface area contributed by atoms with Gasteiger partial charge in [0.2, 0.25) is 0 Å². The van der Waals surface area contributed by atoms with Crippen LogP contribution in [0.25, 0.3) is 0 Å². The summed E-state index contributed by atoms with van der Waals surface area (Å²) in [6.07, 6.45) is 4.54. The van der Waals surface area contributed by atoms with Gasteiger partial charge in [-0.25, -0.2) is 4.79 Å². The van der Waals surface area contributed by atoms with E-state index in [0.29, 0.717) is 17.4 Å². The number of nitrogens with two attached hydrogens (primary N) is 1. The molecule has 146 valence electrons. The van der Waals surface area contributed by atoms with Gasteiger partial charge in [0.1, 0.15) is 0 Å². The summed E-state index contributed by atoms with van der Waals surface area (Å²) in [5.41, 5.74) is 9.85. The number of hydrogen-bond acceptors (Lipinski definition) is 5. The first-order valence-electron chi connectivity index (χ1n) is 9.61. The number of rotatable bonds is 3. The predicted molar refractivity (Wildman–Crippen MR) is 103 cm³/mol. The van der Waals surface area contributed by atoms with Gasteiger partial charge in [-0.05, 0) is 63.0 Å². The van der Waals surface area contributed by atoms with Gasteiger partial charge < -0.3 is 20.9 Å². The number of methoxy groups -OCH3 is 1. The zero-order valence-electron chi connectivity index (χ0n) is 15.8. The van der Waals surface area contributed by atoms with Crippen molar-refractivity contribution in [1.82, 2.24) is 0 Å². The first-order valence-corrected chi connectivity index (χ1v) is 9.61. The monoisotopic (exact) mass is 373 g/mol. The number of esters is 1. The zero-order valence-corrected chi connectivity index (χ0v) is 15.8. The quantitative estimate of drug-likeness (QED) is 0.555. The van der Waals surface area contributed by atoms with Crippen molar-refractivity contribution in [2.75, 3.05) is 23.1 Å². The van der Waals surface area contributed by atoms with E-state index < -0.39 is 6.09 Å². The molecule has 2 aliphatic carbocycles. The highest BCUT2D eigenvalue weighted by atomic mass is 16.5. The Labute approximate surface area is 158 Å². The SMILES string of the molecule is COC(=O)C1CC2(CC(Nc3ccc4c(c3N)CC[C@H](C)N4C(=O)O)C2)C1. The number of nitrogen functional groups attached to an aromatic ring is 1. The van der Waals surface area contributed by atoms with Gasteiger partial charge >= 0.3 is 12.1 Å². The van der Waals surface area contributed by atoms with Crippen LogP contribution >= 0.6 is 0 Å². The van der Waals surface area contributed by atoms with Gasteiger partial charge in [-0.1, -0.05) is 0 Å². The number of hydrogen-bond donors (Lipinski definition) is 3. The molecule has 1 amide bonds. The van der Waals surface area contributed by atoms with Gasteiger partial charge in [-0.15, -0.1) is 0 Å². The number of carbonyl (C=O) groups excluding carboxylic acids is 1. The maximum Gasteiger partial charge on any atom is 0.412 e. The molecule has 1 heterocycles. The van der Waals surface area contributed by atoms with Gasteiger partial charge in [0.25, 0.3) is 0 Å². The van der Waals surface area contributed by atoms with Gasteiger partial charge in [0.05, 0.1) is 30.1 Å². The third-order valence-electron chi connectivity index (χ3n) is 6.66. The first-order chi connectivity index (χ1) is 12.8. The molecule has 1 aromatic carbocycles. The second kappa shape index (κ2) is 6.32. The summed E-state index contributed by atoms with van der Waals surface area (Å²) in [6.45, 7) is 1.92. The highest BCUT2D eigenvalue weighted by Crippen LogP contribution is 2.59. The number of amides is 1. The van der Waals surface area contributed by atoms with E-state index >= 15 is 0 Å². The molecule has 27 heavy (non-hydrogen) atoms. The Morgan fingerprint density at radius 2 is 2.00 bits per heavy atom. The van der Waals surface area contributed by atoms with Crippen molar-refractivity contribution in [3.05, 3.63) is 17.7 Å². The predicted octanol–water partition coefficient (Wildman–Crippen LogP) is 3.23. The summed E-state index contributed by atoms with van der Waals surface area (Å²) in [5, 5.41) is 13.0. The molecule has 7 heteroatoms. The fraction of sp³-hybridized carbons (Fsp3) is 0.600. The standard InChI is InChI=1S/C20H27N3O4/c1-11-3-4-14-16(23(11)19(25)26)6-5-15(17(14)21)22-13-9-20(10-13)7-12(8-20)18(24)27-2/h5-6,11-13,22H,3-4,7-10,21H2,1-2H3,(H,25,26)/t11-,12?,13?,20?/m0/s1. The lowest BCUT2D eigenvalue weighted by molar-refractivity contribution is -0.158. The summed E-state index contributed by atoms with van der Waals surface area (Å²) in [6, 6.07) is 4.07. The van der Waals surface area contributed by atoms with Crippen LogP contribution in [-0.4, -0.2) is 36.4 Å². The van der Waals surface area contributed by atoms with Crippen molar-refractivity contribution < 1.29 is 19.4 Å². The lowest BCUT2D eigenvalue weighted by Crippen LogP contribution is -2.54. The number of carboxylic acid groups (broad SMARTS) is 1. The average Bonchev–Trinajstić information content (AvgIpc) is 2.56. The molecule has 1 spiro atoms. The van der Waals surface area contributed by atoms with Crippen LogP contribution < -0.4 is 16.0 Å². The maximum atomic E-state index is 11.6. The number of ether oxygens (including phenoxy) is 1. The number of benzene rings is 1. The molecule has 2 fully saturated rings. The van der Waals surface area contributed by atoms with Crippen molar-refractivity contribution in [2.24, 2.45) is 11.3 Å². The second-order valence-electron chi connectivity index (χ2n) is 8.44. The van der Waals surface area contributed by atoms with Crippen LogP contribution in [0.4, 0.5) is 21.9 Å². The summed E-state index contributed by atoms with van der Waals surface area (Å²) < 4.78 is 4.82. The molecule has 3 aliphatic rings. The maximum absolute atomic E-state index is 11.6. The van der Waals surface area contributed by atoms with Crippen molar-refractivity contribution in [1.29, 1.82) is 0 Å². The molecule has 1 aliphatic heterocycles. The molecule has 0 unspecified atom stereocenters. The second-order valence-corrected chi connectivity index (χ2v) is 8.44. The van der Waals surface area contributed by atoms with Crippen LogP contribution in [0, 0.1) is 11.3 Å². The fourth-order valence-corrected chi connectivity index (χ4v) is 5.24. The minimum atomic E-state index is -0.936. The van der Waals surface area contributed by atoms with Gasteiger partial charge in [-0.3, -0.25) is 9.69 Å². The highest BCUT2D eigenvalue weighted by Gasteiger charge is 2.55. The molecule has 0 aromatic heterocycles. The van der Waals surface area contributed by atoms with Gasteiger partial charge in [0, 0.05) is 17.6 Å². The Bertz CT molecular complexity index is 780. The van der Waals surface area contributed by atoms with E-state index in [9.17, 15) is 14.7 Å². The molecule has 1 atom stereocenters. The van der Waals surface area contributed by atoms with E-state index in [1.807, 2.05) is 19.1 Å².